The lowest BCUT2D eigenvalue weighted by atomic mass is 10.1. The zero-order chi connectivity index (χ0) is 32.6. The predicted octanol–water partition coefficient (Wildman–Crippen LogP) is 4.55. The Morgan fingerprint density at radius 3 is 2.02 bits per heavy atom. The summed E-state index contributed by atoms with van der Waals surface area (Å²) in [4.78, 5) is 42.1. The standard InChI is InChI=1S/C26H33N5O6.C4H10.C3H8/c1-28-16-25(33)30-17-24(32)29(12-11-18-7-10-21(36-3)22(13-18)37-4)15-23(30)31(28)26(34)27-14-19-5-8-20(35-2)9-6-19;1-3-4-2;1-3-2/h5-10,13,23H,11-12,14-17H2,1-4H3,(H,27,34);3-4H2,1-2H3;3H2,1-2H3. The van der Waals surface area contributed by atoms with Crippen LogP contribution in [0, 0.1) is 0 Å². The summed E-state index contributed by atoms with van der Waals surface area (Å²) < 4.78 is 15.9. The molecule has 2 saturated heterocycles. The topological polar surface area (TPSA) is 104 Å². The van der Waals surface area contributed by atoms with E-state index in [0.717, 1.165) is 16.9 Å². The molecule has 244 valence electrons. The van der Waals surface area contributed by atoms with E-state index < -0.39 is 6.17 Å². The molecule has 2 aliphatic rings. The van der Waals surface area contributed by atoms with E-state index in [4.69, 9.17) is 14.2 Å². The van der Waals surface area contributed by atoms with Gasteiger partial charge >= 0.3 is 6.03 Å². The van der Waals surface area contributed by atoms with Crippen LogP contribution in [0.4, 0.5) is 4.79 Å². The summed E-state index contributed by atoms with van der Waals surface area (Å²) in [6, 6.07) is 12.7. The maximum absolute atomic E-state index is 13.2. The highest BCUT2D eigenvalue weighted by Gasteiger charge is 2.45. The third kappa shape index (κ3) is 10.0. The molecule has 11 nitrogen and oxygen atoms in total. The average molecular weight is 614 g/mol. The van der Waals surface area contributed by atoms with Crippen molar-refractivity contribution in [2.75, 3.05) is 54.6 Å². The van der Waals surface area contributed by atoms with Gasteiger partial charge in [0.15, 0.2) is 11.5 Å². The molecule has 11 heteroatoms. The number of urea groups is 1. The Labute approximate surface area is 263 Å². The Morgan fingerprint density at radius 1 is 0.841 bits per heavy atom. The van der Waals surface area contributed by atoms with Gasteiger partial charge in [-0.25, -0.2) is 14.8 Å². The van der Waals surface area contributed by atoms with Crippen LogP contribution < -0.4 is 19.5 Å². The fourth-order valence-corrected chi connectivity index (χ4v) is 4.61. The van der Waals surface area contributed by atoms with E-state index in [1.54, 1.807) is 38.3 Å². The number of likely N-dealkylation sites (N-methyl/N-ethyl adjacent to an activating group) is 1. The fourth-order valence-electron chi connectivity index (χ4n) is 4.61. The van der Waals surface area contributed by atoms with Gasteiger partial charge in [0.2, 0.25) is 11.8 Å². The number of rotatable bonds is 9. The van der Waals surface area contributed by atoms with Crippen LogP contribution in [0.25, 0.3) is 0 Å². The third-order valence-electron chi connectivity index (χ3n) is 7.17. The lowest BCUT2D eigenvalue weighted by Crippen LogP contribution is -2.73. The first-order valence-electron chi connectivity index (χ1n) is 15.4. The molecule has 2 heterocycles. The number of carbonyl (C=O) groups is 3. The fraction of sp³-hybridized carbons (Fsp3) is 0.545. The SMILES string of the molecule is CCC.CCCC.COc1ccc(CNC(=O)N2C3CN(CCc4ccc(OC)c(OC)c4)C(=O)CN3C(=O)CN2C)cc1. The number of hydrazine groups is 1. The summed E-state index contributed by atoms with van der Waals surface area (Å²) in [6.07, 6.45) is 3.89. The Kier molecular flexibility index (Phi) is 15.3. The zero-order valence-corrected chi connectivity index (χ0v) is 27.7. The van der Waals surface area contributed by atoms with Gasteiger partial charge in [0.05, 0.1) is 34.4 Å². The predicted molar refractivity (Wildman–Crippen MR) is 172 cm³/mol. The van der Waals surface area contributed by atoms with Gasteiger partial charge in [0, 0.05) is 20.1 Å². The highest BCUT2D eigenvalue weighted by Crippen LogP contribution is 2.28. The second-order valence-electron chi connectivity index (χ2n) is 10.7. The number of nitrogens with zero attached hydrogens (tertiary/aromatic N) is 4. The molecular weight excluding hydrogens is 562 g/mol. The molecule has 0 spiro atoms. The van der Waals surface area contributed by atoms with Crippen LogP contribution in [-0.4, -0.2) is 98.4 Å². The number of ether oxygens (including phenoxy) is 3. The smallest absolute Gasteiger partial charge is 0.334 e. The number of carbonyl (C=O) groups excluding carboxylic acids is 3. The normalized spacial score (nSPS) is 16.2. The van der Waals surface area contributed by atoms with Crippen molar-refractivity contribution >= 4 is 17.8 Å². The Balaban J connectivity index is 0.000000876. The minimum absolute atomic E-state index is 0.0192. The van der Waals surface area contributed by atoms with E-state index in [-0.39, 0.29) is 37.5 Å². The summed E-state index contributed by atoms with van der Waals surface area (Å²) >= 11 is 0. The van der Waals surface area contributed by atoms with Crippen LogP contribution in [0.15, 0.2) is 42.5 Å². The second kappa shape index (κ2) is 18.6. The van der Waals surface area contributed by atoms with Crippen LogP contribution >= 0.6 is 0 Å². The number of nitrogens with one attached hydrogen (secondary N) is 1. The van der Waals surface area contributed by atoms with E-state index in [2.05, 4.69) is 33.0 Å². The largest absolute Gasteiger partial charge is 0.497 e. The van der Waals surface area contributed by atoms with Gasteiger partial charge in [-0.3, -0.25) is 9.59 Å². The van der Waals surface area contributed by atoms with Crippen molar-refractivity contribution in [2.45, 2.75) is 66.1 Å². The van der Waals surface area contributed by atoms with Gasteiger partial charge in [0.1, 0.15) is 18.5 Å². The van der Waals surface area contributed by atoms with Gasteiger partial charge in [-0.15, -0.1) is 0 Å². The minimum Gasteiger partial charge on any atom is -0.497 e. The maximum atomic E-state index is 13.2. The number of hydrogen-bond acceptors (Lipinski definition) is 7. The quantitative estimate of drug-likeness (QED) is 0.443. The molecule has 1 unspecified atom stereocenters. The van der Waals surface area contributed by atoms with Crippen LogP contribution in [-0.2, 0) is 22.6 Å². The molecule has 2 aromatic rings. The van der Waals surface area contributed by atoms with Crippen molar-refractivity contribution in [1.29, 1.82) is 0 Å². The van der Waals surface area contributed by atoms with E-state index in [1.807, 2.05) is 42.5 Å². The number of amides is 4. The lowest BCUT2D eigenvalue weighted by molar-refractivity contribution is -0.178. The van der Waals surface area contributed by atoms with E-state index in [9.17, 15) is 14.4 Å². The van der Waals surface area contributed by atoms with Crippen molar-refractivity contribution in [1.82, 2.24) is 25.1 Å². The monoisotopic (exact) mass is 613 g/mol. The molecule has 2 aliphatic heterocycles. The average Bonchev–Trinajstić information content (AvgIpc) is 3.03. The number of methoxy groups -OCH3 is 3. The molecule has 0 radical (unpaired) electrons. The molecular formula is C33H51N5O6. The van der Waals surface area contributed by atoms with Crippen molar-refractivity contribution in [3.63, 3.8) is 0 Å². The summed E-state index contributed by atoms with van der Waals surface area (Å²) in [6.45, 7) is 9.54. The number of hydrogen-bond donors (Lipinski definition) is 1. The molecule has 44 heavy (non-hydrogen) atoms. The Morgan fingerprint density at radius 2 is 1.45 bits per heavy atom. The van der Waals surface area contributed by atoms with Gasteiger partial charge in [-0.05, 0) is 41.8 Å². The van der Waals surface area contributed by atoms with Crippen molar-refractivity contribution in [2.24, 2.45) is 0 Å². The van der Waals surface area contributed by atoms with Crippen LogP contribution in [0.5, 0.6) is 17.2 Å². The van der Waals surface area contributed by atoms with Crippen LogP contribution in [0.1, 0.15) is 58.1 Å². The summed E-state index contributed by atoms with van der Waals surface area (Å²) in [5.74, 6) is 1.67. The molecule has 4 rings (SSSR count). The second-order valence-corrected chi connectivity index (χ2v) is 10.7. The minimum atomic E-state index is -0.592. The van der Waals surface area contributed by atoms with E-state index in [1.165, 1.54) is 29.2 Å². The molecule has 2 fully saturated rings. The van der Waals surface area contributed by atoms with Crippen molar-refractivity contribution < 1.29 is 28.6 Å². The number of piperazine rings is 1. The van der Waals surface area contributed by atoms with Gasteiger partial charge in [0.25, 0.3) is 0 Å². The highest BCUT2D eigenvalue weighted by molar-refractivity contribution is 5.89. The first-order chi connectivity index (χ1) is 21.2. The molecule has 0 aliphatic carbocycles. The molecule has 0 saturated carbocycles. The number of unbranched alkanes of at least 4 members (excludes halogenated alkanes) is 1. The van der Waals surface area contributed by atoms with Gasteiger partial charge < -0.3 is 29.3 Å². The highest BCUT2D eigenvalue weighted by atomic mass is 16.5. The van der Waals surface area contributed by atoms with Crippen LogP contribution in [0.3, 0.4) is 0 Å². The van der Waals surface area contributed by atoms with E-state index in [0.29, 0.717) is 31.0 Å². The number of fused-ring (bicyclic) bond motifs is 1. The summed E-state index contributed by atoms with van der Waals surface area (Å²) in [7, 11) is 6.46. The molecule has 0 aromatic heterocycles. The molecule has 4 amide bonds. The maximum Gasteiger partial charge on any atom is 0.334 e. The third-order valence-corrected chi connectivity index (χ3v) is 7.17. The van der Waals surface area contributed by atoms with Crippen LogP contribution in [0.2, 0.25) is 0 Å². The molecule has 1 N–H and O–H groups in total. The molecule has 2 aromatic carbocycles. The molecule has 0 bridgehead atoms. The lowest BCUT2D eigenvalue weighted by Gasteiger charge is -2.51. The zero-order valence-electron chi connectivity index (χ0n) is 27.7. The Bertz CT molecular complexity index is 1190. The van der Waals surface area contributed by atoms with Gasteiger partial charge in [-0.2, -0.15) is 0 Å². The molecule has 1 atom stereocenters. The van der Waals surface area contributed by atoms with Crippen molar-refractivity contribution in [3.8, 4) is 17.2 Å². The summed E-state index contributed by atoms with van der Waals surface area (Å²) in [5, 5.41) is 6.06. The van der Waals surface area contributed by atoms with Gasteiger partial charge in [-0.1, -0.05) is 65.2 Å². The Hall–Kier alpha value is -3.99. The first kappa shape index (κ1) is 36.2. The number of benzene rings is 2. The summed E-state index contributed by atoms with van der Waals surface area (Å²) in [5.41, 5.74) is 1.90. The first-order valence-corrected chi connectivity index (χ1v) is 15.4. The van der Waals surface area contributed by atoms with E-state index >= 15 is 0 Å². The van der Waals surface area contributed by atoms with Crippen molar-refractivity contribution in [3.05, 3.63) is 53.6 Å².